The van der Waals surface area contributed by atoms with Crippen LogP contribution in [0, 0.1) is 0 Å². The van der Waals surface area contributed by atoms with Crippen LogP contribution >= 0.6 is 27.5 Å². The quantitative estimate of drug-likeness (QED) is 0.829. The second-order valence-electron chi connectivity index (χ2n) is 4.72. The van der Waals surface area contributed by atoms with Crippen molar-refractivity contribution in [2.24, 2.45) is 0 Å². The van der Waals surface area contributed by atoms with E-state index in [4.69, 9.17) is 16.3 Å². The Morgan fingerprint density at radius 1 is 1.44 bits per heavy atom. The third-order valence-electron chi connectivity index (χ3n) is 1.88. The molecule has 0 atom stereocenters. The van der Waals surface area contributed by atoms with Crippen LogP contribution in [0.25, 0.3) is 0 Å². The highest BCUT2D eigenvalue weighted by Crippen LogP contribution is 2.20. The fourth-order valence-electron chi connectivity index (χ4n) is 1.19. The van der Waals surface area contributed by atoms with Crippen LogP contribution in [0.2, 0.25) is 5.02 Å². The number of hydrazine groups is 1. The fraction of sp³-hybridized carbons (Fsp3) is 0.417. The molecular formula is C12H16BrClN2O2. The van der Waals surface area contributed by atoms with Crippen molar-refractivity contribution in [3.05, 3.63) is 33.3 Å². The van der Waals surface area contributed by atoms with E-state index in [-0.39, 0.29) is 0 Å². The van der Waals surface area contributed by atoms with Gasteiger partial charge in [0.2, 0.25) is 0 Å². The van der Waals surface area contributed by atoms with E-state index >= 15 is 0 Å². The lowest BCUT2D eigenvalue weighted by atomic mass is 10.2. The Balaban J connectivity index is 2.42. The molecule has 0 fully saturated rings. The van der Waals surface area contributed by atoms with Gasteiger partial charge in [-0.1, -0.05) is 27.5 Å². The number of halogens is 2. The zero-order valence-corrected chi connectivity index (χ0v) is 12.9. The molecule has 1 rings (SSSR count). The standard InChI is InChI=1S/C12H16BrClN2O2/c1-12(2,3)18-11(17)16-15-7-8-6-9(13)4-5-10(8)14/h4-6,15H,7H2,1-3H3,(H,16,17). The fourth-order valence-corrected chi connectivity index (χ4v) is 1.79. The van der Waals surface area contributed by atoms with Crippen molar-refractivity contribution in [1.82, 2.24) is 10.9 Å². The molecule has 1 aromatic rings. The number of carbonyl (C=O) groups is 1. The monoisotopic (exact) mass is 334 g/mol. The maximum Gasteiger partial charge on any atom is 0.422 e. The molecule has 2 N–H and O–H groups in total. The van der Waals surface area contributed by atoms with Crippen molar-refractivity contribution < 1.29 is 9.53 Å². The van der Waals surface area contributed by atoms with Crippen molar-refractivity contribution in [2.45, 2.75) is 32.9 Å². The first-order valence-electron chi connectivity index (χ1n) is 5.44. The molecule has 0 saturated carbocycles. The number of amides is 1. The molecule has 0 heterocycles. The number of ether oxygens (including phenoxy) is 1. The van der Waals surface area contributed by atoms with Crippen molar-refractivity contribution in [1.29, 1.82) is 0 Å². The molecule has 0 saturated heterocycles. The first-order valence-corrected chi connectivity index (χ1v) is 6.61. The summed E-state index contributed by atoms with van der Waals surface area (Å²) in [5.41, 5.74) is 5.57. The minimum Gasteiger partial charge on any atom is -0.443 e. The van der Waals surface area contributed by atoms with Gasteiger partial charge in [0.25, 0.3) is 0 Å². The van der Waals surface area contributed by atoms with Gasteiger partial charge in [-0.05, 0) is 44.5 Å². The predicted octanol–water partition coefficient (Wildman–Crippen LogP) is 3.63. The van der Waals surface area contributed by atoms with Gasteiger partial charge in [-0.25, -0.2) is 10.2 Å². The zero-order valence-electron chi connectivity index (χ0n) is 10.5. The summed E-state index contributed by atoms with van der Waals surface area (Å²) in [7, 11) is 0. The summed E-state index contributed by atoms with van der Waals surface area (Å²) >= 11 is 9.37. The molecule has 0 radical (unpaired) electrons. The Hall–Kier alpha value is -0.780. The van der Waals surface area contributed by atoms with Gasteiger partial charge in [-0.3, -0.25) is 5.43 Å². The van der Waals surface area contributed by atoms with Crippen molar-refractivity contribution in [2.75, 3.05) is 0 Å². The summed E-state index contributed by atoms with van der Waals surface area (Å²) in [6.45, 7) is 5.82. The van der Waals surface area contributed by atoms with Gasteiger partial charge in [0.05, 0.1) is 0 Å². The topological polar surface area (TPSA) is 50.4 Å². The SMILES string of the molecule is CC(C)(C)OC(=O)NNCc1cc(Br)ccc1Cl. The van der Waals surface area contributed by atoms with Gasteiger partial charge in [-0.2, -0.15) is 0 Å². The average Bonchev–Trinajstić information content (AvgIpc) is 2.20. The third-order valence-corrected chi connectivity index (χ3v) is 2.74. The molecule has 0 aliphatic heterocycles. The third kappa shape index (κ3) is 5.71. The normalized spacial score (nSPS) is 11.2. The smallest absolute Gasteiger partial charge is 0.422 e. The predicted molar refractivity (Wildman–Crippen MR) is 75.4 cm³/mol. The summed E-state index contributed by atoms with van der Waals surface area (Å²) in [5, 5.41) is 0.636. The van der Waals surface area contributed by atoms with Gasteiger partial charge >= 0.3 is 6.09 Å². The maximum atomic E-state index is 11.4. The van der Waals surface area contributed by atoms with E-state index < -0.39 is 11.7 Å². The van der Waals surface area contributed by atoms with E-state index in [2.05, 4.69) is 26.8 Å². The summed E-state index contributed by atoms with van der Waals surface area (Å²) < 4.78 is 6.01. The Morgan fingerprint density at radius 3 is 2.72 bits per heavy atom. The van der Waals surface area contributed by atoms with Gasteiger partial charge in [-0.15, -0.1) is 0 Å². The first-order chi connectivity index (χ1) is 8.28. The zero-order chi connectivity index (χ0) is 13.8. The van der Waals surface area contributed by atoms with Crippen LogP contribution in [0.15, 0.2) is 22.7 Å². The minimum atomic E-state index is -0.520. The van der Waals surface area contributed by atoms with Crippen LogP contribution in [-0.4, -0.2) is 11.7 Å². The summed E-state index contributed by atoms with van der Waals surface area (Å²) in [4.78, 5) is 11.4. The van der Waals surface area contributed by atoms with E-state index in [0.717, 1.165) is 10.0 Å². The molecule has 4 nitrogen and oxygen atoms in total. The highest BCUT2D eigenvalue weighted by atomic mass is 79.9. The summed E-state index contributed by atoms with van der Waals surface area (Å²) in [6.07, 6.45) is -0.520. The van der Waals surface area contributed by atoms with Gasteiger partial charge in [0, 0.05) is 16.0 Å². The van der Waals surface area contributed by atoms with E-state index in [9.17, 15) is 4.79 Å². The Labute approximate surface area is 120 Å². The van der Waals surface area contributed by atoms with Crippen LogP contribution in [0.4, 0.5) is 4.79 Å². The molecule has 100 valence electrons. The van der Waals surface area contributed by atoms with Crippen molar-refractivity contribution in [3.63, 3.8) is 0 Å². The highest BCUT2D eigenvalue weighted by Gasteiger charge is 2.15. The van der Waals surface area contributed by atoms with Crippen molar-refractivity contribution >= 4 is 33.6 Å². The summed E-state index contributed by atoms with van der Waals surface area (Å²) in [5.74, 6) is 0. The van der Waals surface area contributed by atoms with Gasteiger partial charge < -0.3 is 4.74 Å². The molecule has 1 amide bonds. The van der Waals surface area contributed by atoms with Crippen molar-refractivity contribution in [3.8, 4) is 0 Å². The molecule has 0 spiro atoms. The van der Waals surface area contributed by atoms with Crippen LogP contribution in [0.5, 0.6) is 0 Å². The van der Waals surface area contributed by atoms with Gasteiger partial charge in [0.1, 0.15) is 5.60 Å². The lowest BCUT2D eigenvalue weighted by Gasteiger charge is -2.19. The van der Waals surface area contributed by atoms with Gasteiger partial charge in [0.15, 0.2) is 0 Å². The molecular weight excluding hydrogens is 320 g/mol. The number of carbonyl (C=O) groups excluding carboxylic acids is 1. The molecule has 0 aliphatic carbocycles. The lowest BCUT2D eigenvalue weighted by molar-refractivity contribution is 0.0497. The van der Waals surface area contributed by atoms with Crippen LogP contribution < -0.4 is 10.9 Å². The molecule has 0 unspecified atom stereocenters. The van der Waals surface area contributed by atoms with E-state index in [1.54, 1.807) is 26.8 Å². The number of hydrogen-bond donors (Lipinski definition) is 2. The molecule has 18 heavy (non-hydrogen) atoms. The van der Waals surface area contributed by atoms with E-state index in [1.807, 2.05) is 12.1 Å². The van der Waals surface area contributed by atoms with Crippen LogP contribution in [-0.2, 0) is 11.3 Å². The van der Waals surface area contributed by atoms with Crippen LogP contribution in [0.3, 0.4) is 0 Å². The second-order valence-corrected chi connectivity index (χ2v) is 6.04. The lowest BCUT2D eigenvalue weighted by Crippen LogP contribution is -2.40. The molecule has 0 bridgehead atoms. The second kappa shape index (κ2) is 6.41. The van der Waals surface area contributed by atoms with Crippen LogP contribution in [0.1, 0.15) is 26.3 Å². The largest absolute Gasteiger partial charge is 0.443 e. The minimum absolute atomic E-state index is 0.414. The van der Waals surface area contributed by atoms with E-state index in [0.29, 0.717) is 11.6 Å². The number of hydrogen-bond acceptors (Lipinski definition) is 3. The summed E-state index contributed by atoms with van der Waals surface area (Å²) in [6, 6.07) is 5.52. The average molecular weight is 336 g/mol. The molecule has 0 aliphatic rings. The Morgan fingerprint density at radius 2 is 2.11 bits per heavy atom. The number of rotatable bonds is 3. The molecule has 6 heteroatoms. The first kappa shape index (κ1) is 15.3. The maximum absolute atomic E-state index is 11.4. The number of nitrogens with one attached hydrogen (secondary N) is 2. The Bertz CT molecular complexity index is 433. The Kier molecular flexibility index (Phi) is 5.44. The molecule has 1 aromatic carbocycles. The highest BCUT2D eigenvalue weighted by molar-refractivity contribution is 9.10. The molecule has 0 aromatic heterocycles. The number of benzene rings is 1. The van der Waals surface area contributed by atoms with E-state index in [1.165, 1.54) is 0 Å².